The van der Waals surface area contributed by atoms with Gasteiger partial charge in [-0.15, -0.1) is 0 Å². The zero-order valence-electron chi connectivity index (χ0n) is 12.1. The van der Waals surface area contributed by atoms with Gasteiger partial charge >= 0.3 is 0 Å². The minimum atomic E-state index is -0.600. The molecular weight excluding hydrogens is 357 g/mol. The molecule has 2 rings (SSSR count). The number of ether oxygens (including phenoxy) is 1. The van der Waals surface area contributed by atoms with E-state index in [1.165, 1.54) is 24.4 Å². The van der Waals surface area contributed by atoms with Gasteiger partial charge in [0, 0.05) is 16.7 Å². The quantitative estimate of drug-likeness (QED) is 0.480. The van der Waals surface area contributed by atoms with Gasteiger partial charge in [-0.3, -0.25) is 14.9 Å². The van der Waals surface area contributed by atoms with Crippen LogP contribution in [0.25, 0.3) is 0 Å². The normalized spacial score (nSPS) is 10.6. The summed E-state index contributed by atoms with van der Waals surface area (Å²) in [6.45, 7) is -0.252. The zero-order valence-corrected chi connectivity index (χ0v) is 13.6. The summed E-state index contributed by atoms with van der Waals surface area (Å²) in [5.41, 5.74) is 2.43. The van der Waals surface area contributed by atoms with Crippen LogP contribution >= 0.6 is 23.2 Å². The van der Waals surface area contributed by atoms with Crippen LogP contribution in [0.5, 0.6) is 5.75 Å². The van der Waals surface area contributed by atoms with Crippen molar-refractivity contribution in [3.63, 3.8) is 0 Å². The van der Waals surface area contributed by atoms with E-state index in [-0.39, 0.29) is 17.3 Å². The van der Waals surface area contributed by atoms with Gasteiger partial charge in [0.05, 0.1) is 11.1 Å². The summed E-state index contributed by atoms with van der Waals surface area (Å²) < 4.78 is 5.24. The number of rotatable bonds is 6. The highest BCUT2D eigenvalue weighted by Gasteiger charge is 2.11. The van der Waals surface area contributed by atoms with Crippen LogP contribution in [0, 0.1) is 10.1 Å². The predicted octanol–water partition coefficient (Wildman–Crippen LogP) is 3.43. The van der Waals surface area contributed by atoms with Crippen LogP contribution in [0.2, 0.25) is 10.0 Å². The van der Waals surface area contributed by atoms with E-state index in [2.05, 4.69) is 10.5 Å². The second-order valence-electron chi connectivity index (χ2n) is 4.51. The second-order valence-corrected chi connectivity index (χ2v) is 5.35. The molecule has 7 nitrogen and oxygen atoms in total. The van der Waals surface area contributed by atoms with E-state index < -0.39 is 10.8 Å². The molecule has 0 saturated heterocycles. The van der Waals surface area contributed by atoms with Crippen LogP contribution in [0.3, 0.4) is 0 Å². The third-order valence-electron chi connectivity index (χ3n) is 2.74. The third-order valence-corrected chi connectivity index (χ3v) is 3.29. The molecule has 1 N–H and O–H groups in total. The number of hydrogen-bond acceptors (Lipinski definition) is 5. The van der Waals surface area contributed by atoms with Crippen molar-refractivity contribution in [1.29, 1.82) is 0 Å². The summed E-state index contributed by atoms with van der Waals surface area (Å²) in [4.78, 5) is 21.8. The minimum absolute atomic E-state index is 0.0242. The lowest BCUT2D eigenvalue weighted by molar-refractivity contribution is -0.384. The van der Waals surface area contributed by atoms with Gasteiger partial charge < -0.3 is 4.74 Å². The number of nitrogens with zero attached hydrogens (tertiary/aromatic N) is 2. The molecular formula is C15H11Cl2N3O4. The SMILES string of the molecule is O=C(COc1cccc(Cl)c1)NN=Cc1ccc(Cl)c([N+](=O)[O-])c1. The summed E-state index contributed by atoms with van der Waals surface area (Å²) >= 11 is 11.5. The van der Waals surface area contributed by atoms with Crippen LogP contribution in [0.15, 0.2) is 47.6 Å². The standard InChI is InChI=1S/C15H11Cl2N3O4/c16-11-2-1-3-12(7-11)24-9-15(21)19-18-8-10-4-5-13(17)14(6-10)20(22)23/h1-8H,9H2,(H,19,21). The summed E-state index contributed by atoms with van der Waals surface area (Å²) in [5.74, 6) is -0.0374. The molecule has 0 aromatic heterocycles. The molecule has 2 aromatic rings. The third kappa shape index (κ3) is 5.22. The van der Waals surface area contributed by atoms with Crippen molar-refractivity contribution >= 4 is 41.0 Å². The average Bonchev–Trinajstić information content (AvgIpc) is 2.54. The number of nitrogens with one attached hydrogen (secondary N) is 1. The van der Waals surface area contributed by atoms with Gasteiger partial charge in [0.2, 0.25) is 0 Å². The Labute approximate surface area is 147 Å². The maximum absolute atomic E-state index is 11.6. The van der Waals surface area contributed by atoms with Gasteiger partial charge in [-0.25, -0.2) is 5.43 Å². The number of halogens is 2. The maximum Gasteiger partial charge on any atom is 0.288 e. The molecule has 0 aliphatic rings. The van der Waals surface area contributed by atoms with Crippen LogP contribution in [-0.2, 0) is 4.79 Å². The molecule has 1 amide bonds. The first-order chi connectivity index (χ1) is 11.5. The van der Waals surface area contributed by atoms with Gasteiger partial charge in [-0.1, -0.05) is 35.3 Å². The number of hydrazone groups is 1. The number of hydrogen-bond donors (Lipinski definition) is 1. The fraction of sp³-hybridized carbons (Fsp3) is 0.0667. The lowest BCUT2D eigenvalue weighted by Crippen LogP contribution is -2.24. The van der Waals surface area contributed by atoms with E-state index in [9.17, 15) is 14.9 Å². The highest BCUT2D eigenvalue weighted by Crippen LogP contribution is 2.24. The topological polar surface area (TPSA) is 93.8 Å². The van der Waals surface area contributed by atoms with Crippen LogP contribution in [0.1, 0.15) is 5.56 Å². The van der Waals surface area contributed by atoms with E-state index >= 15 is 0 Å². The lowest BCUT2D eigenvalue weighted by atomic mass is 10.2. The molecule has 0 aliphatic carbocycles. The first-order valence-corrected chi connectivity index (χ1v) is 7.35. The molecule has 0 heterocycles. The van der Waals surface area contributed by atoms with Crippen molar-refractivity contribution < 1.29 is 14.5 Å². The number of carbonyl (C=O) groups excluding carboxylic acids is 1. The molecule has 0 aliphatic heterocycles. The molecule has 9 heteroatoms. The zero-order chi connectivity index (χ0) is 17.5. The Kier molecular flexibility index (Phi) is 6.11. The van der Waals surface area contributed by atoms with Crippen molar-refractivity contribution in [1.82, 2.24) is 5.43 Å². The van der Waals surface area contributed by atoms with Crippen LogP contribution < -0.4 is 10.2 Å². The van der Waals surface area contributed by atoms with Crippen molar-refractivity contribution in [2.75, 3.05) is 6.61 Å². The maximum atomic E-state index is 11.6. The highest BCUT2D eigenvalue weighted by molar-refractivity contribution is 6.32. The largest absolute Gasteiger partial charge is 0.484 e. The van der Waals surface area contributed by atoms with Crippen LogP contribution in [0.4, 0.5) is 5.69 Å². The Morgan fingerprint density at radius 3 is 2.79 bits per heavy atom. The van der Waals surface area contributed by atoms with E-state index in [1.54, 1.807) is 24.3 Å². The second kappa shape index (κ2) is 8.28. The van der Waals surface area contributed by atoms with Crippen molar-refractivity contribution in [2.24, 2.45) is 5.10 Å². The Balaban J connectivity index is 1.88. The Bertz CT molecular complexity index is 796. The molecule has 0 fully saturated rings. The fourth-order valence-electron chi connectivity index (χ4n) is 1.67. The van der Waals surface area contributed by atoms with E-state index in [0.717, 1.165) is 0 Å². The van der Waals surface area contributed by atoms with Gasteiger partial charge in [-0.05, 0) is 24.3 Å². The van der Waals surface area contributed by atoms with E-state index in [4.69, 9.17) is 27.9 Å². The monoisotopic (exact) mass is 367 g/mol. The predicted molar refractivity (Wildman–Crippen MR) is 90.8 cm³/mol. The summed E-state index contributed by atoms with van der Waals surface area (Å²) in [7, 11) is 0. The molecule has 124 valence electrons. The number of nitro groups is 1. The molecule has 2 aromatic carbocycles. The van der Waals surface area contributed by atoms with Gasteiger partial charge in [0.25, 0.3) is 11.6 Å². The molecule has 0 radical (unpaired) electrons. The first-order valence-electron chi connectivity index (χ1n) is 6.60. The number of amides is 1. The Hall–Kier alpha value is -2.64. The van der Waals surface area contributed by atoms with Gasteiger partial charge in [0.1, 0.15) is 10.8 Å². The molecule has 0 spiro atoms. The molecule has 0 bridgehead atoms. The van der Waals surface area contributed by atoms with Gasteiger partial charge in [-0.2, -0.15) is 5.10 Å². The summed E-state index contributed by atoms with van der Waals surface area (Å²) in [5, 5.41) is 15.0. The first kappa shape index (κ1) is 17.7. The van der Waals surface area contributed by atoms with Gasteiger partial charge in [0.15, 0.2) is 6.61 Å². The average molecular weight is 368 g/mol. The van der Waals surface area contributed by atoms with Crippen molar-refractivity contribution in [3.05, 3.63) is 68.2 Å². The molecule has 24 heavy (non-hydrogen) atoms. The minimum Gasteiger partial charge on any atom is -0.484 e. The Morgan fingerprint density at radius 2 is 2.08 bits per heavy atom. The lowest BCUT2D eigenvalue weighted by Gasteiger charge is -2.04. The number of carbonyl (C=O) groups is 1. The Morgan fingerprint density at radius 1 is 1.29 bits per heavy atom. The molecule has 0 atom stereocenters. The van der Waals surface area contributed by atoms with Crippen molar-refractivity contribution in [2.45, 2.75) is 0 Å². The molecule has 0 unspecified atom stereocenters. The number of benzene rings is 2. The summed E-state index contributed by atoms with van der Waals surface area (Å²) in [6, 6.07) is 10.8. The fourth-order valence-corrected chi connectivity index (χ4v) is 2.03. The number of nitro benzene ring substituents is 1. The molecule has 0 saturated carbocycles. The van der Waals surface area contributed by atoms with Crippen LogP contribution in [-0.4, -0.2) is 23.7 Å². The van der Waals surface area contributed by atoms with E-state index in [1.807, 2.05) is 0 Å². The summed E-state index contributed by atoms with van der Waals surface area (Å²) in [6.07, 6.45) is 1.26. The smallest absolute Gasteiger partial charge is 0.288 e. The van der Waals surface area contributed by atoms with Crippen molar-refractivity contribution in [3.8, 4) is 5.75 Å². The highest BCUT2D eigenvalue weighted by atomic mass is 35.5. The van der Waals surface area contributed by atoms with E-state index in [0.29, 0.717) is 16.3 Å².